The predicted molar refractivity (Wildman–Crippen MR) is 61.7 cm³/mol. The molecule has 0 aliphatic carbocycles. The Kier molecular flexibility index (Phi) is 4.16. The number of aryl methyl sites for hydroxylation is 1. The molecule has 1 rings (SSSR count). The summed E-state index contributed by atoms with van der Waals surface area (Å²) >= 11 is 0. The van der Waals surface area contributed by atoms with Crippen molar-refractivity contribution < 1.29 is 13.2 Å². The number of halogens is 3. The molecular weight excluding hydrogens is 229 g/mol. The molecule has 0 saturated carbocycles. The van der Waals surface area contributed by atoms with Gasteiger partial charge in [0.05, 0.1) is 5.56 Å². The minimum Gasteiger partial charge on any atom is -0.323 e. The average molecular weight is 246 g/mol. The van der Waals surface area contributed by atoms with Gasteiger partial charge in [0.2, 0.25) is 0 Å². The van der Waals surface area contributed by atoms with Gasteiger partial charge < -0.3 is 10.6 Å². The first-order valence-corrected chi connectivity index (χ1v) is 5.30. The van der Waals surface area contributed by atoms with Crippen LogP contribution in [0.25, 0.3) is 0 Å². The van der Waals surface area contributed by atoms with Crippen molar-refractivity contribution in [2.75, 3.05) is 20.6 Å². The number of hydrogen-bond acceptors (Lipinski definition) is 2. The third kappa shape index (κ3) is 3.71. The molecule has 0 bridgehead atoms. The zero-order valence-electron chi connectivity index (χ0n) is 10.2. The van der Waals surface area contributed by atoms with Crippen LogP contribution < -0.4 is 5.73 Å². The Morgan fingerprint density at radius 3 is 2.29 bits per heavy atom. The zero-order valence-corrected chi connectivity index (χ0v) is 10.2. The molecule has 2 nitrogen and oxygen atoms in total. The molecule has 0 saturated heterocycles. The van der Waals surface area contributed by atoms with Crippen molar-refractivity contribution in [3.8, 4) is 0 Å². The van der Waals surface area contributed by atoms with Crippen molar-refractivity contribution in [2.24, 2.45) is 5.73 Å². The van der Waals surface area contributed by atoms with Gasteiger partial charge in [-0.15, -0.1) is 0 Å². The molecule has 1 unspecified atom stereocenters. The lowest BCUT2D eigenvalue weighted by molar-refractivity contribution is -0.137. The molecule has 0 radical (unpaired) electrons. The molecule has 0 aliphatic rings. The minimum atomic E-state index is -4.30. The normalized spacial score (nSPS) is 14.1. The van der Waals surface area contributed by atoms with Gasteiger partial charge >= 0.3 is 6.18 Å². The summed E-state index contributed by atoms with van der Waals surface area (Å²) < 4.78 is 37.4. The standard InChI is InChI=1S/C12H17F3N2/c1-8-6-9(12(13,14)15)4-5-10(8)11(16)7-17(2)3/h4-6,11H,7,16H2,1-3H3. The molecule has 1 aromatic carbocycles. The van der Waals surface area contributed by atoms with Gasteiger partial charge in [0.1, 0.15) is 0 Å². The molecule has 0 aromatic heterocycles. The second-order valence-electron chi connectivity index (χ2n) is 4.44. The van der Waals surface area contributed by atoms with Crippen molar-refractivity contribution in [2.45, 2.75) is 19.1 Å². The SMILES string of the molecule is Cc1cc(C(F)(F)F)ccc1C(N)CN(C)C. The molecule has 1 atom stereocenters. The Balaban J connectivity index is 2.98. The van der Waals surface area contributed by atoms with E-state index < -0.39 is 11.7 Å². The molecule has 17 heavy (non-hydrogen) atoms. The molecule has 2 N–H and O–H groups in total. The van der Waals surface area contributed by atoms with E-state index in [0.717, 1.165) is 17.7 Å². The first-order chi connectivity index (χ1) is 7.71. The topological polar surface area (TPSA) is 29.3 Å². The molecule has 0 amide bonds. The maximum Gasteiger partial charge on any atom is 0.416 e. The maximum atomic E-state index is 12.5. The van der Waals surface area contributed by atoms with Crippen LogP contribution in [-0.2, 0) is 6.18 Å². The molecule has 0 spiro atoms. The fraction of sp³-hybridized carbons (Fsp3) is 0.500. The lowest BCUT2D eigenvalue weighted by Crippen LogP contribution is -2.26. The second kappa shape index (κ2) is 5.06. The number of nitrogens with two attached hydrogens (primary N) is 1. The Labute approximate surface area is 99.2 Å². The highest BCUT2D eigenvalue weighted by Crippen LogP contribution is 2.31. The molecule has 0 aliphatic heterocycles. The summed E-state index contributed by atoms with van der Waals surface area (Å²) in [6, 6.07) is 3.42. The lowest BCUT2D eigenvalue weighted by Gasteiger charge is -2.20. The van der Waals surface area contributed by atoms with Gasteiger partial charge in [0.25, 0.3) is 0 Å². The van der Waals surface area contributed by atoms with E-state index in [1.54, 1.807) is 6.92 Å². The van der Waals surface area contributed by atoms with Crippen LogP contribution in [0.4, 0.5) is 13.2 Å². The number of alkyl halides is 3. The number of rotatable bonds is 3. The molecule has 5 heteroatoms. The highest BCUT2D eigenvalue weighted by molar-refractivity contribution is 5.34. The van der Waals surface area contributed by atoms with E-state index >= 15 is 0 Å². The molecule has 0 heterocycles. The van der Waals surface area contributed by atoms with E-state index in [1.807, 2.05) is 19.0 Å². The van der Waals surface area contributed by atoms with E-state index in [2.05, 4.69) is 0 Å². The number of nitrogens with zero attached hydrogens (tertiary/aromatic N) is 1. The first-order valence-electron chi connectivity index (χ1n) is 5.30. The van der Waals surface area contributed by atoms with Gasteiger partial charge in [-0.25, -0.2) is 0 Å². The summed E-state index contributed by atoms with van der Waals surface area (Å²) in [4.78, 5) is 1.90. The van der Waals surface area contributed by atoms with E-state index in [-0.39, 0.29) is 6.04 Å². The summed E-state index contributed by atoms with van der Waals surface area (Å²) in [6.45, 7) is 2.26. The largest absolute Gasteiger partial charge is 0.416 e. The van der Waals surface area contributed by atoms with Crippen molar-refractivity contribution in [3.05, 3.63) is 34.9 Å². The summed E-state index contributed by atoms with van der Waals surface area (Å²) in [7, 11) is 3.75. The van der Waals surface area contributed by atoms with Crippen molar-refractivity contribution in [1.82, 2.24) is 4.90 Å². The van der Waals surface area contributed by atoms with Crippen molar-refractivity contribution in [3.63, 3.8) is 0 Å². The zero-order chi connectivity index (χ0) is 13.2. The van der Waals surface area contributed by atoms with Crippen LogP contribution in [0, 0.1) is 6.92 Å². The summed E-state index contributed by atoms with van der Waals surface area (Å²) in [6.07, 6.45) is -4.30. The molecule has 96 valence electrons. The van der Waals surface area contributed by atoms with Gasteiger partial charge in [0.15, 0.2) is 0 Å². The van der Waals surface area contributed by atoms with E-state index in [0.29, 0.717) is 12.1 Å². The van der Waals surface area contributed by atoms with Crippen LogP contribution in [-0.4, -0.2) is 25.5 Å². The van der Waals surface area contributed by atoms with Crippen LogP contribution >= 0.6 is 0 Å². The third-order valence-corrected chi connectivity index (χ3v) is 2.56. The summed E-state index contributed by atoms with van der Waals surface area (Å²) in [5, 5.41) is 0. The lowest BCUT2D eigenvalue weighted by atomic mass is 9.99. The van der Waals surface area contributed by atoms with Crippen molar-refractivity contribution >= 4 is 0 Å². The van der Waals surface area contributed by atoms with Gasteiger partial charge in [-0.2, -0.15) is 13.2 Å². The van der Waals surface area contributed by atoms with E-state index in [4.69, 9.17) is 5.73 Å². The average Bonchev–Trinajstić information content (AvgIpc) is 2.14. The van der Waals surface area contributed by atoms with Gasteiger partial charge in [-0.3, -0.25) is 0 Å². The Morgan fingerprint density at radius 1 is 1.29 bits per heavy atom. The maximum absolute atomic E-state index is 12.5. The molecular formula is C12H17F3N2. The second-order valence-corrected chi connectivity index (χ2v) is 4.44. The summed E-state index contributed by atoms with van der Waals surface area (Å²) in [5.74, 6) is 0. The summed E-state index contributed by atoms with van der Waals surface area (Å²) in [5.41, 5.74) is 6.64. The van der Waals surface area contributed by atoms with Crippen LogP contribution in [0.1, 0.15) is 22.7 Å². The monoisotopic (exact) mass is 246 g/mol. The van der Waals surface area contributed by atoms with Crippen LogP contribution in [0.15, 0.2) is 18.2 Å². The first kappa shape index (κ1) is 14.0. The highest BCUT2D eigenvalue weighted by Gasteiger charge is 2.30. The molecule has 0 fully saturated rings. The smallest absolute Gasteiger partial charge is 0.323 e. The number of hydrogen-bond donors (Lipinski definition) is 1. The Bertz CT molecular complexity index is 386. The fourth-order valence-electron chi connectivity index (χ4n) is 1.76. The van der Waals surface area contributed by atoms with Gasteiger partial charge in [-0.1, -0.05) is 6.07 Å². The predicted octanol–water partition coefficient (Wildman–Crippen LogP) is 2.58. The van der Waals surface area contributed by atoms with Crippen LogP contribution in [0.3, 0.4) is 0 Å². The minimum absolute atomic E-state index is 0.271. The molecule has 1 aromatic rings. The fourth-order valence-corrected chi connectivity index (χ4v) is 1.76. The van der Waals surface area contributed by atoms with Crippen LogP contribution in [0.5, 0.6) is 0 Å². The Morgan fingerprint density at radius 2 is 1.88 bits per heavy atom. The highest BCUT2D eigenvalue weighted by atomic mass is 19.4. The van der Waals surface area contributed by atoms with E-state index in [9.17, 15) is 13.2 Å². The Hall–Kier alpha value is -1.07. The van der Waals surface area contributed by atoms with Crippen LogP contribution in [0.2, 0.25) is 0 Å². The third-order valence-electron chi connectivity index (χ3n) is 2.56. The number of benzene rings is 1. The van der Waals surface area contributed by atoms with E-state index in [1.165, 1.54) is 6.07 Å². The number of likely N-dealkylation sites (N-methyl/N-ethyl adjacent to an activating group) is 1. The quantitative estimate of drug-likeness (QED) is 0.888. The van der Waals surface area contributed by atoms with Gasteiger partial charge in [-0.05, 0) is 44.3 Å². The van der Waals surface area contributed by atoms with Gasteiger partial charge in [0, 0.05) is 12.6 Å². The van der Waals surface area contributed by atoms with Crippen molar-refractivity contribution in [1.29, 1.82) is 0 Å².